The Balaban J connectivity index is 2.61. The van der Waals surface area contributed by atoms with Crippen LogP contribution in [0.2, 0.25) is 0 Å². The van der Waals surface area contributed by atoms with Crippen molar-refractivity contribution in [2.75, 3.05) is 0 Å². The van der Waals surface area contributed by atoms with E-state index >= 15 is 0 Å². The molecule has 0 spiro atoms. The zero-order valence-corrected chi connectivity index (χ0v) is 14.6. The first-order valence-corrected chi connectivity index (χ1v) is 7.90. The molecule has 0 atom stereocenters. The highest BCUT2D eigenvalue weighted by molar-refractivity contribution is 6.65. The van der Waals surface area contributed by atoms with Crippen molar-refractivity contribution in [3.63, 3.8) is 0 Å². The number of nitrogens with zero attached hydrogens (tertiary/aromatic N) is 1. The molecule has 2 aromatic carbocycles. The highest BCUT2D eigenvalue weighted by atomic mass is 35.5. The van der Waals surface area contributed by atoms with Gasteiger partial charge in [0.15, 0.2) is 0 Å². The van der Waals surface area contributed by atoms with Gasteiger partial charge in [-0.3, -0.25) is 14.9 Å². The lowest BCUT2D eigenvalue weighted by Crippen LogP contribution is -2.29. The highest BCUT2D eigenvalue weighted by Crippen LogP contribution is 2.41. The molecule has 0 fully saturated rings. The number of rotatable bonds is 5. The van der Waals surface area contributed by atoms with Crippen molar-refractivity contribution in [3.05, 3.63) is 87.1 Å². The van der Waals surface area contributed by atoms with E-state index in [1.165, 1.54) is 0 Å². The molecule has 0 aliphatic rings. The van der Waals surface area contributed by atoms with E-state index in [2.05, 4.69) is 0 Å². The summed E-state index contributed by atoms with van der Waals surface area (Å²) in [6.07, 6.45) is 0.693. The number of hydrogen-bond acceptors (Lipinski definition) is 3. The van der Waals surface area contributed by atoms with Crippen molar-refractivity contribution in [3.8, 4) is 0 Å². The van der Waals surface area contributed by atoms with Crippen LogP contribution in [0.1, 0.15) is 27.0 Å². The largest absolute Gasteiger partial charge is 0.290 e. The number of hydrogen-bond donors (Lipinski definition) is 0. The van der Waals surface area contributed by atoms with Gasteiger partial charge in [0.25, 0.3) is 0 Å². The predicted molar refractivity (Wildman–Crippen MR) is 96.1 cm³/mol. The van der Waals surface area contributed by atoms with E-state index in [1.807, 2.05) is 0 Å². The molecule has 0 amide bonds. The summed E-state index contributed by atoms with van der Waals surface area (Å²) < 4.78 is -2.08. The maximum absolute atomic E-state index is 12.9. The van der Waals surface area contributed by atoms with E-state index in [0.717, 1.165) is 5.56 Å². The van der Waals surface area contributed by atoms with Crippen LogP contribution in [-0.4, -0.2) is 15.0 Å². The van der Waals surface area contributed by atoms with Crippen LogP contribution in [0.4, 0.5) is 0 Å². The lowest BCUT2D eigenvalue weighted by molar-refractivity contribution is -0.401. The predicted octanol–water partition coefficient (Wildman–Crippen LogP) is 4.98. The Morgan fingerprint density at radius 1 is 1.00 bits per heavy atom. The van der Waals surface area contributed by atoms with Gasteiger partial charge < -0.3 is 0 Å². The fraction of sp³-hybridized carbons (Fsp3) is 0.167. The molecule has 0 unspecified atom stereocenters. The minimum atomic E-state index is -2.08. The lowest BCUT2D eigenvalue weighted by atomic mass is 9.92. The number of halogens is 2. The zero-order valence-electron chi connectivity index (χ0n) is 13.1. The number of Topliss-reactive ketones (excluding diaryl/α,β-unsaturated/α-hetero) is 1. The summed E-state index contributed by atoms with van der Waals surface area (Å²) in [7, 11) is 0. The van der Waals surface area contributed by atoms with Crippen LogP contribution in [0.15, 0.2) is 54.7 Å². The molecule has 0 saturated heterocycles. The molecule has 6 heteroatoms. The third kappa shape index (κ3) is 3.66. The third-order valence-electron chi connectivity index (χ3n) is 3.68. The van der Waals surface area contributed by atoms with E-state index in [-0.39, 0.29) is 5.57 Å². The average molecular weight is 364 g/mol. The molecule has 2 rings (SSSR count). The Kier molecular flexibility index (Phi) is 5.42. The van der Waals surface area contributed by atoms with Crippen LogP contribution >= 0.6 is 23.2 Å². The van der Waals surface area contributed by atoms with Gasteiger partial charge in [-0.15, -0.1) is 0 Å². The summed E-state index contributed by atoms with van der Waals surface area (Å²) in [4.78, 5) is 23.3. The summed E-state index contributed by atoms with van der Waals surface area (Å²) in [6.45, 7) is 3.52. The van der Waals surface area contributed by atoms with Gasteiger partial charge in [0.05, 0.1) is 10.5 Å². The summed E-state index contributed by atoms with van der Waals surface area (Å²) in [6, 6.07) is 13.7. The lowest BCUT2D eigenvalue weighted by Gasteiger charge is -2.22. The van der Waals surface area contributed by atoms with E-state index in [9.17, 15) is 14.9 Å². The van der Waals surface area contributed by atoms with Gasteiger partial charge in [-0.05, 0) is 30.5 Å². The van der Waals surface area contributed by atoms with Gasteiger partial charge >= 0.3 is 0 Å². The highest BCUT2D eigenvalue weighted by Gasteiger charge is 2.42. The van der Waals surface area contributed by atoms with Crippen molar-refractivity contribution in [2.45, 2.75) is 18.2 Å². The first-order valence-electron chi connectivity index (χ1n) is 7.15. The Hall–Kier alpha value is -2.17. The van der Waals surface area contributed by atoms with Gasteiger partial charge in [-0.2, -0.15) is 0 Å². The Morgan fingerprint density at radius 2 is 1.46 bits per heavy atom. The summed E-state index contributed by atoms with van der Waals surface area (Å²) in [5.74, 6) is -0.597. The van der Waals surface area contributed by atoms with Crippen molar-refractivity contribution in [1.29, 1.82) is 0 Å². The summed E-state index contributed by atoms with van der Waals surface area (Å²) in [5.41, 5.74) is 2.15. The quantitative estimate of drug-likeness (QED) is 0.325. The number of alkyl halides is 2. The SMILES string of the molecule is Cc1ccccc1C(=O)C(Cl)(Cl)C(=C[N+](=O)[O-])c1ccccc1C. The molecule has 0 aliphatic carbocycles. The molecule has 4 nitrogen and oxygen atoms in total. The second-order valence-corrected chi connectivity index (χ2v) is 6.69. The Labute approximate surface area is 149 Å². The van der Waals surface area contributed by atoms with E-state index < -0.39 is 15.0 Å². The number of allylic oxidation sites excluding steroid dienone is 1. The van der Waals surface area contributed by atoms with Crippen molar-refractivity contribution in [1.82, 2.24) is 0 Å². The second kappa shape index (κ2) is 7.16. The number of carbonyl (C=O) groups excluding carboxylic acids is 1. The molecular formula is C18H15Cl2NO3. The number of carbonyl (C=O) groups is 1. The normalized spacial score (nSPS) is 12.1. The van der Waals surface area contributed by atoms with Crippen LogP contribution in [0, 0.1) is 24.0 Å². The van der Waals surface area contributed by atoms with Crippen LogP contribution < -0.4 is 0 Å². The first-order chi connectivity index (χ1) is 11.2. The van der Waals surface area contributed by atoms with Gasteiger partial charge in [0.2, 0.25) is 16.3 Å². The van der Waals surface area contributed by atoms with Crippen LogP contribution in [-0.2, 0) is 0 Å². The van der Waals surface area contributed by atoms with Gasteiger partial charge in [0, 0.05) is 5.56 Å². The van der Waals surface area contributed by atoms with Gasteiger partial charge in [-0.1, -0.05) is 71.7 Å². The maximum atomic E-state index is 12.9. The topological polar surface area (TPSA) is 60.2 Å². The van der Waals surface area contributed by atoms with Crippen molar-refractivity contribution >= 4 is 34.6 Å². The van der Waals surface area contributed by atoms with E-state index in [1.54, 1.807) is 62.4 Å². The van der Waals surface area contributed by atoms with Crippen molar-refractivity contribution in [2.24, 2.45) is 0 Å². The minimum absolute atomic E-state index is 0.0535. The number of nitro groups is 1. The molecule has 0 heterocycles. The van der Waals surface area contributed by atoms with Crippen LogP contribution in [0.3, 0.4) is 0 Å². The average Bonchev–Trinajstić information content (AvgIpc) is 2.53. The standard InChI is InChI=1S/C18H15Cl2NO3/c1-12-7-3-5-9-14(12)16(11-21(23)24)18(19,20)17(22)15-10-6-4-8-13(15)2/h3-11H,1-2H3. The monoisotopic (exact) mass is 363 g/mol. The fourth-order valence-corrected chi connectivity index (χ4v) is 2.92. The molecule has 0 aliphatic heterocycles. The van der Waals surface area contributed by atoms with Crippen LogP contribution in [0.25, 0.3) is 5.57 Å². The third-order valence-corrected chi connectivity index (χ3v) is 4.43. The molecule has 0 saturated carbocycles. The molecule has 0 aromatic heterocycles. The van der Waals surface area contributed by atoms with Gasteiger partial charge in [0.1, 0.15) is 0 Å². The van der Waals surface area contributed by atoms with Gasteiger partial charge in [-0.25, -0.2) is 0 Å². The molecule has 0 N–H and O–H groups in total. The molecule has 24 heavy (non-hydrogen) atoms. The smallest absolute Gasteiger partial charge is 0.241 e. The number of benzene rings is 2. The molecule has 0 bridgehead atoms. The Morgan fingerprint density at radius 3 is 1.92 bits per heavy atom. The second-order valence-electron chi connectivity index (χ2n) is 5.36. The van der Waals surface area contributed by atoms with Crippen LogP contribution in [0.5, 0.6) is 0 Å². The fourth-order valence-electron chi connectivity index (χ4n) is 2.42. The van der Waals surface area contributed by atoms with E-state index in [4.69, 9.17) is 23.2 Å². The molecule has 0 radical (unpaired) electrons. The van der Waals surface area contributed by atoms with E-state index in [0.29, 0.717) is 22.9 Å². The summed E-state index contributed by atoms with van der Waals surface area (Å²) >= 11 is 12.7. The maximum Gasteiger partial charge on any atom is 0.241 e. The Bertz CT molecular complexity index is 829. The van der Waals surface area contributed by atoms with Crippen molar-refractivity contribution < 1.29 is 9.72 Å². The first kappa shape index (κ1) is 18.2. The molecule has 2 aromatic rings. The molecule has 124 valence electrons. The summed E-state index contributed by atoms with van der Waals surface area (Å²) in [5, 5.41) is 11.1. The number of aryl methyl sites for hydroxylation is 2. The molecular weight excluding hydrogens is 349 g/mol. The number of ketones is 1. The zero-order chi connectivity index (χ0) is 17.9. The minimum Gasteiger partial charge on any atom is -0.290 e.